The van der Waals surface area contributed by atoms with Crippen molar-refractivity contribution in [3.05, 3.63) is 40.4 Å². The number of rotatable bonds is 5. The van der Waals surface area contributed by atoms with Gasteiger partial charge in [0.1, 0.15) is 9.88 Å². The number of aromatic nitrogens is 1. The van der Waals surface area contributed by atoms with Crippen molar-refractivity contribution < 1.29 is 19.1 Å². The maximum absolute atomic E-state index is 11.7. The fourth-order valence-corrected chi connectivity index (χ4v) is 2.82. The highest BCUT2D eigenvalue weighted by atomic mass is 32.1. The molecule has 0 spiro atoms. The third-order valence-electron chi connectivity index (χ3n) is 2.81. The quantitative estimate of drug-likeness (QED) is 0.627. The Balaban J connectivity index is 2.47. The molecule has 110 valence electrons. The van der Waals surface area contributed by atoms with Gasteiger partial charge in [0.15, 0.2) is 11.5 Å². The van der Waals surface area contributed by atoms with Crippen LogP contribution in [0.25, 0.3) is 10.6 Å². The summed E-state index contributed by atoms with van der Waals surface area (Å²) in [5, 5.41) is 0.610. The molecule has 0 bridgehead atoms. The Kier molecular flexibility index (Phi) is 4.82. The minimum atomic E-state index is -0.601. The number of hydrogen-bond acceptors (Lipinski definition) is 6. The maximum atomic E-state index is 11.7. The second-order valence-corrected chi connectivity index (χ2v) is 5.38. The number of hydrogen-bond donors (Lipinski definition) is 0. The van der Waals surface area contributed by atoms with Crippen molar-refractivity contribution in [3.63, 3.8) is 0 Å². The highest BCUT2D eigenvalue weighted by Gasteiger charge is 2.22. The van der Waals surface area contributed by atoms with Crippen LogP contribution >= 0.6 is 11.3 Å². The van der Waals surface area contributed by atoms with Crippen LogP contribution in [-0.2, 0) is 16.1 Å². The molecule has 0 saturated heterocycles. The minimum absolute atomic E-state index is 0.0714. The van der Waals surface area contributed by atoms with E-state index in [0.717, 1.165) is 11.1 Å². The van der Waals surface area contributed by atoms with Crippen molar-refractivity contribution >= 4 is 23.1 Å². The number of esters is 1. The Morgan fingerprint density at radius 3 is 2.67 bits per heavy atom. The molecule has 0 aliphatic rings. The highest BCUT2D eigenvalue weighted by Crippen LogP contribution is 2.29. The molecule has 0 fully saturated rings. The van der Waals surface area contributed by atoms with Gasteiger partial charge in [0, 0.05) is 19.6 Å². The minimum Gasteiger partial charge on any atom is -0.464 e. The van der Waals surface area contributed by atoms with Crippen molar-refractivity contribution in [1.29, 1.82) is 0 Å². The van der Waals surface area contributed by atoms with E-state index in [1.54, 1.807) is 7.11 Å². The molecule has 0 amide bonds. The van der Waals surface area contributed by atoms with Gasteiger partial charge in [0.2, 0.25) is 0 Å². The SMILES string of the molecule is COCc1cccc(-c2nc(C(=O)OC)c(C(C)=O)s2)c1. The van der Waals surface area contributed by atoms with E-state index in [1.165, 1.54) is 25.4 Å². The highest BCUT2D eigenvalue weighted by molar-refractivity contribution is 7.17. The molecule has 0 aliphatic heterocycles. The van der Waals surface area contributed by atoms with Gasteiger partial charge in [-0.3, -0.25) is 4.79 Å². The van der Waals surface area contributed by atoms with Gasteiger partial charge < -0.3 is 9.47 Å². The zero-order valence-corrected chi connectivity index (χ0v) is 12.8. The van der Waals surface area contributed by atoms with Crippen LogP contribution in [0.2, 0.25) is 0 Å². The van der Waals surface area contributed by atoms with Crippen LogP contribution in [0.5, 0.6) is 0 Å². The van der Waals surface area contributed by atoms with Gasteiger partial charge in [-0.15, -0.1) is 11.3 Å². The maximum Gasteiger partial charge on any atom is 0.358 e. The molecule has 0 N–H and O–H groups in total. The lowest BCUT2D eigenvalue weighted by Crippen LogP contribution is -2.06. The van der Waals surface area contributed by atoms with E-state index in [4.69, 9.17) is 4.74 Å². The fourth-order valence-electron chi connectivity index (χ4n) is 1.88. The number of ether oxygens (including phenoxy) is 2. The second kappa shape index (κ2) is 6.60. The van der Waals surface area contributed by atoms with E-state index in [9.17, 15) is 9.59 Å². The normalized spacial score (nSPS) is 10.4. The monoisotopic (exact) mass is 305 g/mol. The van der Waals surface area contributed by atoms with E-state index < -0.39 is 5.97 Å². The lowest BCUT2D eigenvalue weighted by Gasteiger charge is -2.01. The third kappa shape index (κ3) is 3.34. The lowest BCUT2D eigenvalue weighted by atomic mass is 10.1. The molecule has 6 heteroatoms. The van der Waals surface area contributed by atoms with Gasteiger partial charge in [-0.2, -0.15) is 0 Å². The molecule has 0 unspecified atom stereocenters. The molecule has 1 aromatic carbocycles. The molecule has 1 heterocycles. The Morgan fingerprint density at radius 1 is 1.29 bits per heavy atom. The summed E-state index contributed by atoms with van der Waals surface area (Å²) >= 11 is 1.19. The molecular formula is C15H15NO4S. The fraction of sp³-hybridized carbons (Fsp3) is 0.267. The van der Waals surface area contributed by atoms with E-state index in [-0.39, 0.29) is 11.5 Å². The zero-order chi connectivity index (χ0) is 15.4. The topological polar surface area (TPSA) is 65.5 Å². The van der Waals surface area contributed by atoms with Crippen LogP contribution in [0, 0.1) is 0 Å². The number of carbonyl (C=O) groups is 2. The average molecular weight is 305 g/mol. The summed E-state index contributed by atoms with van der Waals surface area (Å²) in [4.78, 5) is 27.9. The number of nitrogens with zero attached hydrogens (tertiary/aromatic N) is 1. The second-order valence-electron chi connectivity index (χ2n) is 4.38. The van der Waals surface area contributed by atoms with Gasteiger partial charge >= 0.3 is 5.97 Å². The van der Waals surface area contributed by atoms with Gasteiger partial charge in [0.05, 0.1) is 13.7 Å². The van der Waals surface area contributed by atoms with Gasteiger partial charge in [-0.25, -0.2) is 9.78 Å². The van der Waals surface area contributed by atoms with E-state index >= 15 is 0 Å². The first-order valence-corrected chi connectivity index (χ1v) is 7.06. The molecular weight excluding hydrogens is 290 g/mol. The standard InChI is InChI=1S/C15H15NO4S/c1-9(17)13-12(15(18)20-3)16-14(21-13)11-6-4-5-10(7-11)8-19-2/h4-7H,8H2,1-3H3. The largest absolute Gasteiger partial charge is 0.464 e. The predicted molar refractivity (Wildman–Crippen MR) is 79.6 cm³/mol. The van der Waals surface area contributed by atoms with E-state index in [0.29, 0.717) is 16.5 Å². The van der Waals surface area contributed by atoms with E-state index in [2.05, 4.69) is 9.72 Å². The van der Waals surface area contributed by atoms with Crippen LogP contribution < -0.4 is 0 Å². The molecule has 5 nitrogen and oxygen atoms in total. The molecule has 2 aromatic rings. The Morgan fingerprint density at radius 2 is 2.05 bits per heavy atom. The summed E-state index contributed by atoms with van der Waals surface area (Å²) in [7, 11) is 2.89. The number of carbonyl (C=O) groups excluding carboxylic acids is 2. The first kappa shape index (κ1) is 15.3. The number of benzene rings is 1. The van der Waals surface area contributed by atoms with Gasteiger partial charge in [-0.1, -0.05) is 18.2 Å². The van der Waals surface area contributed by atoms with Crippen molar-refractivity contribution in [2.75, 3.05) is 14.2 Å². The number of methoxy groups -OCH3 is 2. The molecule has 0 radical (unpaired) electrons. The van der Waals surface area contributed by atoms with Crippen LogP contribution in [0.1, 0.15) is 32.6 Å². The zero-order valence-electron chi connectivity index (χ0n) is 12.0. The third-order valence-corrected chi connectivity index (χ3v) is 4.02. The van der Waals surface area contributed by atoms with Crippen LogP contribution in [0.15, 0.2) is 24.3 Å². The number of Topliss-reactive ketones (excluding diaryl/α,β-unsaturated/α-hetero) is 1. The number of ketones is 1. The molecule has 2 rings (SSSR count). The first-order chi connectivity index (χ1) is 10.1. The Hall–Kier alpha value is -2.05. The van der Waals surface area contributed by atoms with Crippen LogP contribution in [-0.4, -0.2) is 31.0 Å². The van der Waals surface area contributed by atoms with Crippen LogP contribution in [0.3, 0.4) is 0 Å². The van der Waals surface area contributed by atoms with E-state index in [1.807, 2.05) is 24.3 Å². The average Bonchev–Trinajstić information content (AvgIpc) is 2.92. The van der Waals surface area contributed by atoms with Crippen molar-refractivity contribution in [2.45, 2.75) is 13.5 Å². The predicted octanol–water partition coefficient (Wildman–Crippen LogP) is 2.95. The van der Waals surface area contributed by atoms with Crippen LogP contribution in [0.4, 0.5) is 0 Å². The smallest absolute Gasteiger partial charge is 0.358 e. The summed E-state index contributed by atoms with van der Waals surface area (Å²) in [6.07, 6.45) is 0. The van der Waals surface area contributed by atoms with Gasteiger partial charge in [0.25, 0.3) is 0 Å². The summed E-state index contributed by atoms with van der Waals surface area (Å²) in [6.45, 7) is 1.90. The number of thiazole rings is 1. The van der Waals surface area contributed by atoms with Crippen molar-refractivity contribution in [1.82, 2.24) is 4.98 Å². The summed E-state index contributed by atoms with van der Waals surface area (Å²) in [6, 6.07) is 7.63. The Labute approximate surface area is 126 Å². The molecule has 0 atom stereocenters. The lowest BCUT2D eigenvalue weighted by molar-refractivity contribution is 0.0591. The summed E-state index contributed by atoms with van der Waals surface area (Å²) < 4.78 is 9.77. The first-order valence-electron chi connectivity index (χ1n) is 6.25. The molecule has 0 aliphatic carbocycles. The van der Waals surface area contributed by atoms with Gasteiger partial charge in [-0.05, 0) is 11.6 Å². The van der Waals surface area contributed by atoms with Crippen molar-refractivity contribution in [2.24, 2.45) is 0 Å². The molecule has 0 saturated carbocycles. The summed E-state index contributed by atoms with van der Waals surface area (Å²) in [5.74, 6) is -0.803. The Bertz CT molecular complexity index is 678. The summed E-state index contributed by atoms with van der Waals surface area (Å²) in [5.41, 5.74) is 1.91. The van der Waals surface area contributed by atoms with Crippen molar-refractivity contribution in [3.8, 4) is 10.6 Å². The molecule has 1 aromatic heterocycles. The molecule has 21 heavy (non-hydrogen) atoms.